The fourth-order valence-corrected chi connectivity index (χ4v) is 3.19. The molecule has 3 rings (SSSR count). The van der Waals surface area contributed by atoms with Crippen LogP contribution in [0.4, 0.5) is 11.4 Å². The number of nitrogens with one attached hydrogen (secondary N) is 1. The molecule has 23 heavy (non-hydrogen) atoms. The summed E-state index contributed by atoms with van der Waals surface area (Å²) in [5, 5.41) is 12.4. The Morgan fingerprint density at radius 2 is 1.96 bits per heavy atom. The van der Waals surface area contributed by atoms with Gasteiger partial charge in [0.25, 0.3) is 0 Å². The number of carbonyl (C=O) groups is 2. The second-order valence-corrected chi connectivity index (χ2v) is 6.22. The third kappa shape index (κ3) is 3.89. The van der Waals surface area contributed by atoms with Crippen molar-refractivity contribution in [2.75, 3.05) is 36.4 Å². The largest absolute Gasteiger partial charge is 0.393 e. The van der Waals surface area contributed by atoms with E-state index in [1.807, 2.05) is 29.2 Å². The Balaban J connectivity index is 1.63. The second kappa shape index (κ2) is 7.10. The third-order valence-electron chi connectivity index (χ3n) is 4.47. The molecule has 0 atom stereocenters. The second-order valence-electron chi connectivity index (χ2n) is 6.22. The summed E-state index contributed by atoms with van der Waals surface area (Å²) in [4.78, 5) is 28.0. The van der Waals surface area contributed by atoms with Gasteiger partial charge >= 0.3 is 0 Å². The first-order chi connectivity index (χ1) is 11.1. The zero-order valence-electron chi connectivity index (χ0n) is 13.2. The molecule has 6 heteroatoms. The molecule has 0 radical (unpaired) electrons. The zero-order valence-corrected chi connectivity index (χ0v) is 13.2. The van der Waals surface area contributed by atoms with E-state index in [4.69, 9.17) is 0 Å². The fourth-order valence-electron chi connectivity index (χ4n) is 3.19. The lowest BCUT2D eigenvalue weighted by molar-refractivity contribution is -0.118. The van der Waals surface area contributed by atoms with E-state index in [-0.39, 0.29) is 17.9 Å². The molecule has 0 spiro atoms. The average Bonchev–Trinajstić information content (AvgIpc) is 2.96. The Morgan fingerprint density at radius 1 is 1.22 bits per heavy atom. The first-order valence-electron chi connectivity index (χ1n) is 8.23. The maximum Gasteiger partial charge on any atom is 0.238 e. The Bertz CT molecular complexity index is 582. The molecule has 0 aromatic heterocycles. The van der Waals surface area contributed by atoms with Crippen molar-refractivity contribution in [1.82, 2.24) is 4.90 Å². The standard InChI is InChI=1S/C17H23N3O3/c21-13-7-10-19(11-8-13)12-16(22)18-14-4-1-2-5-15(14)20-9-3-6-17(20)23/h1-2,4-5,13,21H,3,6-12H2,(H,18,22). The fraction of sp³-hybridized carbons (Fsp3) is 0.529. The number of nitrogens with zero attached hydrogens (tertiary/aromatic N) is 2. The highest BCUT2D eigenvalue weighted by atomic mass is 16.3. The molecule has 2 heterocycles. The van der Waals surface area contributed by atoms with Crippen molar-refractivity contribution < 1.29 is 14.7 Å². The summed E-state index contributed by atoms with van der Waals surface area (Å²) in [6.07, 6.45) is 2.62. The summed E-state index contributed by atoms with van der Waals surface area (Å²) in [6, 6.07) is 7.44. The summed E-state index contributed by atoms with van der Waals surface area (Å²) in [5.74, 6) is 0.0252. The number of likely N-dealkylation sites (tertiary alicyclic amines) is 1. The molecule has 6 nitrogen and oxygen atoms in total. The molecule has 2 N–H and O–H groups in total. The molecule has 0 unspecified atom stereocenters. The van der Waals surface area contributed by atoms with Crippen LogP contribution < -0.4 is 10.2 Å². The summed E-state index contributed by atoms with van der Waals surface area (Å²) >= 11 is 0. The van der Waals surface area contributed by atoms with Crippen LogP contribution in [0.1, 0.15) is 25.7 Å². The first kappa shape index (κ1) is 16.0. The number of rotatable bonds is 4. The van der Waals surface area contributed by atoms with E-state index in [0.717, 1.165) is 25.2 Å². The molecule has 2 saturated heterocycles. The van der Waals surface area contributed by atoms with Gasteiger partial charge in [0.15, 0.2) is 0 Å². The summed E-state index contributed by atoms with van der Waals surface area (Å²) < 4.78 is 0. The van der Waals surface area contributed by atoms with Gasteiger partial charge in [-0.05, 0) is 31.4 Å². The molecular formula is C17H23N3O3. The van der Waals surface area contributed by atoms with Crippen molar-refractivity contribution in [2.24, 2.45) is 0 Å². The topological polar surface area (TPSA) is 72.9 Å². The van der Waals surface area contributed by atoms with Crippen LogP contribution in [0.3, 0.4) is 0 Å². The Labute approximate surface area is 136 Å². The predicted octanol–water partition coefficient (Wildman–Crippen LogP) is 1.21. The molecule has 124 valence electrons. The van der Waals surface area contributed by atoms with Gasteiger partial charge in [-0.3, -0.25) is 14.5 Å². The number of anilines is 2. The number of aliphatic hydroxyl groups is 1. The van der Waals surface area contributed by atoms with Crippen molar-refractivity contribution in [3.63, 3.8) is 0 Å². The zero-order chi connectivity index (χ0) is 16.2. The monoisotopic (exact) mass is 317 g/mol. The van der Waals surface area contributed by atoms with Gasteiger partial charge in [0.1, 0.15) is 0 Å². The Morgan fingerprint density at radius 3 is 2.65 bits per heavy atom. The van der Waals surface area contributed by atoms with E-state index in [0.29, 0.717) is 38.0 Å². The maximum atomic E-state index is 12.3. The van der Waals surface area contributed by atoms with Crippen LogP contribution >= 0.6 is 0 Å². The number of carbonyl (C=O) groups excluding carboxylic acids is 2. The van der Waals surface area contributed by atoms with E-state index in [2.05, 4.69) is 5.32 Å². The van der Waals surface area contributed by atoms with Gasteiger partial charge in [0, 0.05) is 26.1 Å². The number of hydrogen-bond donors (Lipinski definition) is 2. The van der Waals surface area contributed by atoms with Crippen LogP contribution in [-0.2, 0) is 9.59 Å². The minimum absolute atomic E-state index is 0.0829. The molecule has 2 amide bonds. The van der Waals surface area contributed by atoms with Gasteiger partial charge < -0.3 is 15.3 Å². The molecule has 1 aromatic carbocycles. The van der Waals surface area contributed by atoms with E-state index in [9.17, 15) is 14.7 Å². The van der Waals surface area contributed by atoms with Crippen molar-refractivity contribution in [3.8, 4) is 0 Å². The van der Waals surface area contributed by atoms with Gasteiger partial charge in [-0.1, -0.05) is 12.1 Å². The van der Waals surface area contributed by atoms with E-state index in [1.54, 1.807) is 4.90 Å². The summed E-state index contributed by atoms with van der Waals surface area (Å²) in [6.45, 7) is 2.49. The highest BCUT2D eigenvalue weighted by Gasteiger charge is 2.24. The van der Waals surface area contributed by atoms with Gasteiger partial charge in [-0.2, -0.15) is 0 Å². The minimum Gasteiger partial charge on any atom is -0.393 e. The quantitative estimate of drug-likeness (QED) is 0.875. The van der Waals surface area contributed by atoms with E-state index in [1.165, 1.54) is 0 Å². The Kier molecular flexibility index (Phi) is 4.93. The van der Waals surface area contributed by atoms with E-state index >= 15 is 0 Å². The van der Waals surface area contributed by atoms with Crippen LogP contribution in [0.2, 0.25) is 0 Å². The van der Waals surface area contributed by atoms with Crippen LogP contribution in [0.25, 0.3) is 0 Å². The van der Waals surface area contributed by atoms with Crippen molar-refractivity contribution in [1.29, 1.82) is 0 Å². The van der Waals surface area contributed by atoms with Crippen LogP contribution in [0.15, 0.2) is 24.3 Å². The van der Waals surface area contributed by atoms with Crippen LogP contribution in [-0.4, -0.2) is 54.1 Å². The summed E-state index contributed by atoms with van der Waals surface area (Å²) in [5.41, 5.74) is 1.46. The molecule has 0 saturated carbocycles. The van der Waals surface area contributed by atoms with E-state index < -0.39 is 0 Å². The lowest BCUT2D eigenvalue weighted by atomic mass is 10.1. The number of hydrogen-bond acceptors (Lipinski definition) is 4. The van der Waals surface area contributed by atoms with Gasteiger partial charge in [0.2, 0.25) is 11.8 Å². The lowest BCUT2D eigenvalue weighted by Crippen LogP contribution is -2.40. The molecule has 2 aliphatic rings. The maximum absolute atomic E-state index is 12.3. The highest BCUT2D eigenvalue weighted by molar-refractivity contribution is 6.02. The summed E-state index contributed by atoms with van der Waals surface area (Å²) in [7, 11) is 0. The molecular weight excluding hydrogens is 294 g/mol. The number of amides is 2. The van der Waals surface area contributed by atoms with Crippen molar-refractivity contribution in [3.05, 3.63) is 24.3 Å². The van der Waals surface area contributed by atoms with Crippen LogP contribution in [0.5, 0.6) is 0 Å². The first-order valence-corrected chi connectivity index (χ1v) is 8.23. The predicted molar refractivity (Wildman–Crippen MR) is 88.3 cm³/mol. The molecule has 0 aliphatic carbocycles. The van der Waals surface area contributed by atoms with Crippen LogP contribution in [0, 0.1) is 0 Å². The van der Waals surface area contributed by atoms with Gasteiger partial charge in [0.05, 0.1) is 24.0 Å². The minimum atomic E-state index is -0.240. The van der Waals surface area contributed by atoms with Gasteiger partial charge in [-0.15, -0.1) is 0 Å². The number of benzene rings is 1. The normalized spacial score (nSPS) is 20.0. The van der Waals surface area contributed by atoms with Gasteiger partial charge in [-0.25, -0.2) is 0 Å². The molecule has 2 fully saturated rings. The Hall–Kier alpha value is -1.92. The molecule has 0 bridgehead atoms. The number of piperidine rings is 1. The molecule has 2 aliphatic heterocycles. The molecule has 1 aromatic rings. The smallest absolute Gasteiger partial charge is 0.238 e. The lowest BCUT2D eigenvalue weighted by Gasteiger charge is -2.29. The number of aliphatic hydroxyl groups excluding tert-OH is 1. The highest BCUT2D eigenvalue weighted by Crippen LogP contribution is 2.29. The van der Waals surface area contributed by atoms with Crippen molar-refractivity contribution >= 4 is 23.2 Å². The third-order valence-corrected chi connectivity index (χ3v) is 4.47. The SMILES string of the molecule is O=C(CN1CCC(O)CC1)Nc1ccccc1N1CCCC1=O. The van der Waals surface area contributed by atoms with Crippen molar-refractivity contribution in [2.45, 2.75) is 31.8 Å². The number of para-hydroxylation sites is 2. The average molecular weight is 317 g/mol.